The van der Waals surface area contributed by atoms with Crippen molar-refractivity contribution >= 4 is 17.7 Å². The first-order valence-corrected chi connectivity index (χ1v) is 6.08. The molecule has 8 heteroatoms. The van der Waals surface area contributed by atoms with Gasteiger partial charge in [-0.3, -0.25) is 4.79 Å². The van der Waals surface area contributed by atoms with E-state index in [4.69, 9.17) is 10.5 Å². The number of nitrogens with zero attached hydrogens (tertiary/aromatic N) is 3. The van der Waals surface area contributed by atoms with Crippen LogP contribution in [0.3, 0.4) is 0 Å². The normalized spacial score (nSPS) is 10.4. The van der Waals surface area contributed by atoms with Crippen molar-refractivity contribution in [2.45, 2.75) is 10.4 Å². The van der Waals surface area contributed by atoms with Crippen molar-refractivity contribution < 1.29 is 18.0 Å². The van der Waals surface area contributed by atoms with Gasteiger partial charge in [-0.15, -0.1) is 0 Å². The molecular formula is C12H8F3N3OS. The molecule has 4 nitrogen and oxygen atoms in total. The Morgan fingerprint density at radius 3 is 2.05 bits per heavy atom. The molecule has 1 amide bonds. The van der Waals surface area contributed by atoms with Crippen LogP contribution >= 0.6 is 11.8 Å². The van der Waals surface area contributed by atoms with Gasteiger partial charge in [0.15, 0.2) is 0 Å². The number of alkyl halides is 3. The first kappa shape index (κ1) is 15.9. The highest BCUT2D eigenvalue weighted by Gasteiger charge is 2.29. The maximum Gasteiger partial charge on any atom is 0.446 e. The van der Waals surface area contributed by atoms with Gasteiger partial charge in [0, 0.05) is 10.5 Å². The molecule has 0 saturated heterocycles. The van der Waals surface area contributed by atoms with Crippen LogP contribution in [0.4, 0.5) is 13.2 Å². The number of halogens is 3. The van der Waals surface area contributed by atoms with Crippen molar-refractivity contribution in [1.82, 2.24) is 4.90 Å². The first-order chi connectivity index (χ1) is 9.37. The predicted molar refractivity (Wildman–Crippen MR) is 65.5 cm³/mol. The lowest BCUT2D eigenvalue weighted by Crippen LogP contribution is -2.31. The molecule has 1 aromatic carbocycles. The van der Waals surface area contributed by atoms with Gasteiger partial charge < -0.3 is 4.90 Å². The molecule has 0 atom stereocenters. The number of benzene rings is 1. The zero-order chi connectivity index (χ0) is 15.2. The van der Waals surface area contributed by atoms with Gasteiger partial charge in [0.25, 0.3) is 5.91 Å². The number of amides is 1. The molecule has 0 saturated carbocycles. The van der Waals surface area contributed by atoms with Crippen molar-refractivity contribution in [1.29, 1.82) is 10.5 Å². The van der Waals surface area contributed by atoms with E-state index in [1.54, 1.807) is 12.1 Å². The summed E-state index contributed by atoms with van der Waals surface area (Å²) in [5.74, 6) is -0.573. The van der Waals surface area contributed by atoms with Gasteiger partial charge in [0.05, 0.1) is 12.1 Å². The fourth-order valence-corrected chi connectivity index (χ4v) is 1.89. The minimum Gasteiger partial charge on any atom is -0.312 e. The quantitative estimate of drug-likeness (QED) is 0.633. The molecule has 0 bridgehead atoms. The highest BCUT2D eigenvalue weighted by Crippen LogP contribution is 2.36. The lowest BCUT2D eigenvalue weighted by Gasteiger charge is -2.15. The van der Waals surface area contributed by atoms with Crippen molar-refractivity contribution in [2.24, 2.45) is 0 Å². The summed E-state index contributed by atoms with van der Waals surface area (Å²) in [5, 5.41) is 17.1. The molecule has 0 aliphatic heterocycles. The molecule has 0 unspecified atom stereocenters. The van der Waals surface area contributed by atoms with E-state index < -0.39 is 11.4 Å². The Balaban J connectivity index is 2.85. The average Bonchev–Trinajstić information content (AvgIpc) is 2.37. The van der Waals surface area contributed by atoms with Crippen LogP contribution in [0.15, 0.2) is 29.2 Å². The van der Waals surface area contributed by atoms with Crippen LogP contribution in [-0.4, -0.2) is 29.4 Å². The smallest absolute Gasteiger partial charge is 0.312 e. The molecular weight excluding hydrogens is 291 g/mol. The van der Waals surface area contributed by atoms with E-state index in [-0.39, 0.29) is 35.3 Å². The Hall–Kier alpha value is -2.19. The molecule has 0 aliphatic carbocycles. The van der Waals surface area contributed by atoms with Gasteiger partial charge >= 0.3 is 5.51 Å². The van der Waals surface area contributed by atoms with E-state index in [1.165, 1.54) is 24.3 Å². The minimum atomic E-state index is -4.39. The maximum atomic E-state index is 12.1. The summed E-state index contributed by atoms with van der Waals surface area (Å²) in [6.07, 6.45) is 0. The zero-order valence-corrected chi connectivity index (χ0v) is 10.8. The third-order valence-electron chi connectivity index (χ3n) is 2.15. The summed E-state index contributed by atoms with van der Waals surface area (Å²) < 4.78 is 36.4. The fraction of sp³-hybridized carbons (Fsp3) is 0.250. The fourth-order valence-electron chi connectivity index (χ4n) is 1.35. The van der Waals surface area contributed by atoms with Gasteiger partial charge in [-0.2, -0.15) is 23.7 Å². The van der Waals surface area contributed by atoms with Gasteiger partial charge in [0.1, 0.15) is 13.1 Å². The Bertz CT molecular complexity index is 541. The molecule has 1 aromatic rings. The van der Waals surface area contributed by atoms with Crippen molar-refractivity contribution in [3.8, 4) is 12.1 Å². The number of rotatable bonds is 4. The van der Waals surface area contributed by atoms with Gasteiger partial charge in [-0.05, 0) is 36.0 Å². The lowest BCUT2D eigenvalue weighted by molar-refractivity contribution is -0.0328. The lowest BCUT2D eigenvalue weighted by atomic mass is 10.2. The molecule has 104 valence electrons. The van der Waals surface area contributed by atoms with Crippen LogP contribution in [-0.2, 0) is 0 Å². The highest BCUT2D eigenvalue weighted by molar-refractivity contribution is 8.00. The largest absolute Gasteiger partial charge is 0.446 e. The monoisotopic (exact) mass is 299 g/mol. The summed E-state index contributed by atoms with van der Waals surface area (Å²) in [7, 11) is 0. The minimum absolute atomic E-state index is 0.0406. The van der Waals surface area contributed by atoms with Crippen LogP contribution in [0, 0.1) is 22.7 Å². The van der Waals surface area contributed by atoms with Crippen LogP contribution in [0.2, 0.25) is 0 Å². The van der Waals surface area contributed by atoms with Crippen molar-refractivity contribution in [2.75, 3.05) is 13.1 Å². The summed E-state index contributed by atoms with van der Waals surface area (Å²) in [5.41, 5.74) is -4.26. The van der Waals surface area contributed by atoms with Crippen LogP contribution in [0.1, 0.15) is 10.4 Å². The first-order valence-electron chi connectivity index (χ1n) is 5.26. The second kappa shape index (κ2) is 6.83. The van der Waals surface area contributed by atoms with E-state index in [2.05, 4.69) is 0 Å². The van der Waals surface area contributed by atoms with E-state index in [1.807, 2.05) is 0 Å². The van der Waals surface area contributed by atoms with Gasteiger partial charge in [-0.25, -0.2) is 0 Å². The maximum absolute atomic E-state index is 12.1. The third kappa shape index (κ3) is 4.82. The Morgan fingerprint density at radius 1 is 1.15 bits per heavy atom. The molecule has 0 spiro atoms. The van der Waals surface area contributed by atoms with Gasteiger partial charge in [0.2, 0.25) is 0 Å². The summed E-state index contributed by atoms with van der Waals surface area (Å²) in [6, 6.07) is 8.30. The summed E-state index contributed by atoms with van der Waals surface area (Å²) >= 11 is -0.280. The van der Waals surface area contributed by atoms with Crippen molar-refractivity contribution in [3.63, 3.8) is 0 Å². The van der Waals surface area contributed by atoms with E-state index in [0.29, 0.717) is 0 Å². The molecule has 0 aliphatic rings. The Morgan fingerprint density at radius 2 is 1.65 bits per heavy atom. The van der Waals surface area contributed by atoms with Crippen molar-refractivity contribution in [3.05, 3.63) is 29.8 Å². The second-order valence-corrected chi connectivity index (χ2v) is 4.69. The molecule has 0 radical (unpaired) electrons. The molecule has 0 heterocycles. The molecule has 0 fully saturated rings. The number of carbonyl (C=O) groups is 1. The zero-order valence-electron chi connectivity index (χ0n) is 10.0. The Labute approximate surface area is 117 Å². The number of thioether (sulfide) groups is 1. The SMILES string of the molecule is N#CCN(CC#N)C(=O)c1ccc(SC(F)(F)F)cc1. The van der Waals surface area contributed by atoms with Crippen LogP contribution in [0.25, 0.3) is 0 Å². The second-order valence-electron chi connectivity index (χ2n) is 3.55. The van der Waals surface area contributed by atoms with E-state index in [9.17, 15) is 18.0 Å². The molecule has 0 N–H and O–H groups in total. The number of nitriles is 2. The van der Waals surface area contributed by atoms with Crippen LogP contribution in [0.5, 0.6) is 0 Å². The summed E-state index contributed by atoms with van der Waals surface area (Å²) in [4.78, 5) is 12.9. The topological polar surface area (TPSA) is 67.9 Å². The summed E-state index contributed by atoms with van der Waals surface area (Å²) in [6.45, 7) is -0.517. The third-order valence-corrected chi connectivity index (χ3v) is 2.88. The van der Waals surface area contributed by atoms with Gasteiger partial charge in [-0.1, -0.05) is 0 Å². The standard InChI is InChI=1S/C12H8F3N3OS/c13-12(14,15)20-10-3-1-9(2-4-10)11(19)18(7-5-16)8-6-17/h1-4H,7-8H2. The molecule has 1 rings (SSSR count). The van der Waals surface area contributed by atoms with E-state index in [0.717, 1.165) is 4.90 Å². The Kier molecular flexibility index (Phi) is 5.42. The highest BCUT2D eigenvalue weighted by atomic mass is 32.2. The number of hydrogen-bond donors (Lipinski definition) is 0. The number of hydrogen-bond acceptors (Lipinski definition) is 4. The molecule has 0 aromatic heterocycles. The number of carbonyl (C=O) groups excluding carboxylic acids is 1. The average molecular weight is 299 g/mol. The van der Waals surface area contributed by atoms with E-state index >= 15 is 0 Å². The predicted octanol–water partition coefficient (Wildman–Crippen LogP) is 2.79. The van der Waals surface area contributed by atoms with Crippen LogP contribution < -0.4 is 0 Å². The molecule has 20 heavy (non-hydrogen) atoms.